The molecule has 1 amide bonds. The van der Waals surface area contributed by atoms with Crippen molar-refractivity contribution in [3.63, 3.8) is 0 Å². The number of fused-ring (bicyclic) bond motifs is 2. The fourth-order valence-electron chi connectivity index (χ4n) is 3.93. The number of methoxy groups -OCH3 is 1. The Morgan fingerprint density at radius 2 is 1.97 bits per heavy atom. The average Bonchev–Trinajstić information content (AvgIpc) is 3.22. The van der Waals surface area contributed by atoms with Crippen LogP contribution in [-0.4, -0.2) is 24.5 Å². The number of rotatable bonds is 4. The summed E-state index contributed by atoms with van der Waals surface area (Å²) in [5, 5.41) is 6.06. The lowest BCUT2D eigenvalue weighted by Gasteiger charge is -2.21. The SMILES string of the molecule is COC(=O)C1(NC(=C2C(=O)Nc3ccc(F)cc32)c2ccc3c(c2)COC3)CC1. The molecule has 1 fully saturated rings. The summed E-state index contributed by atoms with van der Waals surface area (Å²) in [7, 11) is 1.34. The number of anilines is 1. The first kappa shape index (κ1) is 17.9. The number of halogens is 1. The van der Waals surface area contributed by atoms with Crippen molar-refractivity contribution < 1.29 is 23.5 Å². The first-order chi connectivity index (χ1) is 14.0. The Bertz CT molecular complexity index is 1090. The minimum absolute atomic E-state index is 0.313. The van der Waals surface area contributed by atoms with Crippen LogP contribution in [0.2, 0.25) is 0 Å². The molecule has 2 aliphatic heterocycles. The third-order valence-corrected chi connectivity index (χ3v) is 5.68. The number of benzene rings is 2. The van der Waals surface area contributed by atoms with Crippen LogP contribution in [0, 0.1) is 5.82 Å². The molecule has 7 heteroatoms. The van der Waals surface area contributed by atoms with Gasteiger partial charge in [-0.05, 0) is 53.8 Å². The molecule has 2 aromatic carbocycles. The Hall–Kier alpha value is -3.19. The second kappa shape index (κ2) is 6.42. The average molecular weight is 394 g/mol. The number of esters is 1. The molecule has 1 aliphatic carbocycles. The summed E-state index contributed by atoms with van der Waals surface area (Å²) >= 11 is 0. The molecule has 1 saturated carbocycles. The molecule has 0 saturated heterocycles. The van der Waals surface area contributed by atoms with E-state index in [0.29, 0.717) is 48.6 Å². The highest BCUT2D eigenvalue weighted by Crippen LogP contribution is 2.43. The van der Waals surface area contributed by atoms with Crippen molar-refractivity contribution in [2.45, 2.75) is 31.6 Å². The lowest BCUT2D eigenvalue weighted by molar-refractivity contribution is -0.144. The summed E-state index contributed by atoms with van der Waals surface area (Å²) in [4.78, 5) is 25.2. The first-order valence-corrected chi connectivity index (χ1v) is 9.43. The third kappa shape index (κ3) is 2.89. The van der Waals surface area contributed by atoms with Gasteiger partial charge in [-0.15, -0.1) is 0 Å². The zero-order chi connectivity index (χ0) is 20.2. The van der Waals surface area contributed by atoms with E-state index >= 15 is 0 Å². The van der Waals surface area contributed by atoms with Crippen molar-refractivity contribution in [3.05, 3.63) is 64.5 Å². The predicted octanol–water partition coefficient (Wildman–Crippen LogP) is 2.97. The van der Waals surface area contributed by atoms with Gasteiger partial charge in [0.05, 0.1) is 31.6 Å². The molecule has 29 heavy (non-hydrogen) atoms. The molecule has 0 bridgehead atoms. The highest BCUT2D eigenvalue weighted by atomic mass is 19.1. The van der Waals surface area contributed by atoms with E-state index in [0.717, 1.165) is 16.7 Å². The Labute approximate surface area is 166 Å². The number of ether oxygens (including phenoxy) is 2. The molecule has 0 aromatic heterocycles. The van der Waals surface area contributed by atoms with Gasteiger partial charge < -0.3 is 20.1 Å². The number of amides is 1. The maximum Gasteiger partial charge on any atom is 0.331 e. The molecule has 0 radical (unpaired) electrons. The molecule has 2 heterocycles. The summed E-state index contributed by atoms with van der Waals surface area (Å²) in [5.74, 6) is -1.16. The highest BCUT2D eigenvalue weighted by Gasteiger charge is 2.52. The number of carbonyl (C=O) groups excluding carboxylic acids is 2. The molecule has 3 aliphatic rings. The number of carbonyl (C=O) groups is 2. The topological polar surface area (TPSA) is 76.7 Å². The standard InChI is InChI=1S/C22H19FN2O4/c1-28-21(27)22(6-7-22)25-19(12-2-3-13-10-29-11-14(13)8-12)18-16-9-15(23)4-5-17(16)24-20(18)26/h2-5,8-9,25H,6-7,10-11H2,1H3,(H,24,26). The zero-order valence-electron chi connectivity index (χ0n) is 15.8. The minimum Gasteiger partial charge on any atom is -0.467 e. The van der Waals surface area contributed by atoms with Gasteiger partial charge in [-0.1, -0.05) is 12.1 Å². The van der Waals surface area contributed by atoms with Crippen LogP contribution in [0.5, 0.6) is 0 Å². The van der Waals surface area contributed by atoms with E-state index in [1.165, 1.54) is 25.3 Å². The van der Waals surface area contributed by atoms with E-state index in [-0.39, 0.29) is 11.9 Å². The quantitative estimate of drug-likeness (QED) is 0.616. The van der Waals surface area contributed by atoms with Crippen molar-refractivity contribution in [1.29, 1.82) is 0 Å². The van der Waals surface area contributed by atoms with Gasteiger partial charge in [0.25, 0.3) is 5.91 Å². The van der Waals surface area contributed by atoms with Crippen LogP contribution in [0.3, 0.4) is 0 Å². The number of hydrogen-bond acceptors (Lipinski definition) is 5. The third-order valence-electron chi connectivity index (χ3n) is 5.68. The smallest absolute Gasteiger partial charge is 0.331 e. The Balaban J connectivity index is 1.69. The number of hydrogen-bond donors (Lipinski definition) is 2. The molecule has 148 valence electrons. The van der Waals surface area contributed by atoms with Crippen LogP contribution < -0.4 is 10.6 Å². The van der Waals surface area contributed by atoms with E-state index in [1.54, 1.807) is 0 Å². The Morgan fingerprint density at radius 3 is 2.72 bits per heavy atom. The highest BCUT2D eigenvalue weighted by molar-refractivity contribution is 6.36. The van der Waals surface area contributed by atoms with Crippen molar-refractivity contribution in [3.8, 4) is 0 Å². The molecule has 2 N–H and O–H groups in total. The van der Waals surface area contributed by atoms with Crippen LogP contribution in [0.25, 0.3) is 11.3 Å². The predicted molar refractivity (Wildman–Crippen MR) is 104 cm³/mol. The molecular weight excluding hydrogens is 375 g/mol. The van der Waals surface area contributed by atoms with Crippen LogP contribution >= 0.6 is 0 Å². The van der Waals surface area contributed by atoms with Gasteiger partial charge in [0, 0.05) is 11.3 Å². The number of nitrogens with one attached hydrogen (secondary N) is 2. The summed E-state index contributed by atoms with van der Waals surface area (Å²) in [6.07, 6.45) is 1.20. The van der Waals surface area contributed by atoms with Gasteiger partial charge in [0.2, 0.25) is 0 Å². The summed E-state index contributed by atoms with van der Waals surface area (Å²) in [6.45, 7) is 1.04. The monoisotopic (exact) mass is 394 g/mol. The summed E-state index contributed by atoms with van der Waals surface area (Å²) in [6, 6.07) is 9.97. The summed E-state index contributed by atoms with van der Waals surface area (Å²) < 4.78 is 24.4. The lowest BCUT2D eigenvalue weighted by atomic mass is 9.97. The minimum atomic E-state index is -0.872. The van der Waals surface area contributed by atoms with Gasteiger partial charge in [-0.2, -0.15) is 0 Å². The van der Waals surface area contributed by atoms with Gasteiger partial charge in [-0.3, -0.25) is 4.79 Å². The van der Waals surface area contributed by atoms with E-state index in [2.05, 4.69) is 10.6 Å². The van der Waals surface area contributed by atoms with Gasteiger partial charge >= 0.3 is 5.97 Å². The van der Waals surface area contributed by atoms with Crippen LogP contribution in [-0.2, 0) is 32.3 Å². The fraction of sp³-hybridized carbons (Fsp3) is 0.273. The second-order valence-electron chi connectivity index (χ2n) is 7.57. The van der Waals surface area contributed by atoms with Crippen LogP contribution in [0.4, 0.5) is 10.1 Å². The molecular formula is C22H19FN2O4. The van der Waals surface area contributed by atoms with E-state index in [1.807, 2.05) is 18.2 Å². The van der Waals surface area contributed by atoms with Crippen molar-refractivity contribution in [2.24, 2.45) is 0 Å². The Morgan fingerprint density at radius 1 is 1.17 bits per heavy atom. The van der Waals surface area contributed by atoms with Crippen LogP contribution in [0.15, 0.2) is 36.4 Å². The maximum atomic E-state index is 14.0. The maximum absolute atomic E-state index is 14.0. The second-order valence-corrected chi connectivity index (χ2v) is 7.57. The molecule has 0 atom stereocenters. The molecule has 6 nitrogen and oxygen atoms in total. The normalized spacial score (nSPS) is 19.9. The molecule has 5 rings (SSSR count). The van der Waals surface area contributed by atoms with Gasteiger partial charge in [0.15, 0.2) is 0 Å². The lowest BCUT2D eigenvalue weighted by Crippen LogP contribution is -2.39. The molecule has 2 aromatic rings. The Kier molecular flexibility index (Phi) is 3.96. The van der Waals surface area contributed by atoms with Crippen LogP contribution in [0.1, 0.15) is 35.1 Å². The zero-order valence-corrected chi connectivity index (χ0v) is 15.8. The molecule has 0 unspecified atom stereocenters. The van der Waals surface area contributed by atoms with Crippen molar-refractivity contribution in [2.75, 3.05) is 12.4 Å². The van der Waals surface area contributed by atoms with Gasteiger partial charge in [0.1, 0.15) is 11.4 Å². The first-order valence-electron chi connectivity index (χ1n) is 9.43. The van der Waals surface area contributed by atoms with Crippen molar-refractivity contribution >= 4 is 28.8 Å². The summed E-state index contributed by atoms with van der Waals surface area (Å²) in [5.41, 5.74) is 3.80. The largest absolute Gasteiger partial charge is 0.467 e. The van der Waals surface area contributed by atoms with Gasteiger partial charge in [-0.25, -0.2) is 9.18 Å². The molecule has 0 spiro atoms. The van der Waals surface area contributed by atoms with E-state index in [9.17, 15) is 14.0 Å². The van der Waals surface area contributed by atoms with Crippen molar-refractivity contribution in [1.82, 2.24) is 5.32 Å². The fourth-order valence-corrected chi connectivity index (χ4v) is 3.93. The van der Waals surface area contributed by atoms with E-state index in [4.69, 9.17) is 9.47 Å². The van der Waals surface area contributed by atoms with E-state index < -0.39 is 11.4 Å².